The molecule has 270 valence electrons. The van der Waals surface area contributed by atoms with Crippen molar-refractivity contribution in [3.8, 4) is 0 Å². The molecule has 10 atom stereocenters. The zero-order valence-corrected chi connectivity index (χ0v) is 31.4. The van der Waals surface area contributed by atoms with E-state index < -0.39 is 41.4 Å². The van der Waals surface area contributed by atoms with Crippen LogP contribution in [0.15, 0.2) is 0 Å². The number of ether oxygens (including phenoxy) is 4. The molecule has 0 radical (unpaired) electrons. The molecule has 1 unspecified atom stereocenters. The van der Waals surface area contributed by atoms with E-state index in [0.29, 0.717) is 24.7 Å². The Morgan fingerprint density at radius 1 is 1.15 bits per heavy atom. The zero-order valence-electron chi connectivity index (χ0n) is 31.4. The molecule has 0 bridgehead atoms. The minimum absolute atomic E-state index is 0.0154. The molecular weight excluding hydrogens is 586 g/mol. The lowest BCUT2D eigenvalue weighted by Crippen LogP contribution is -2.59. The lowest BCUT2D eigenvalue weighted by Gasteiger charge is -2.47. The molecule has 10 heteroatoms. The van der Waals surface area contributed by atoms with E-state index in [-0.39, 0.29) is 36.5 Å². The quantitative estimate of drug-likeness (QED) is 0.179. The van der Waals surface area contributed by atoms with Crippen LogP contribution in [0.3, 0.4) is 0 Å². The van der Waals surface area contributed by atoms with Crippen molar-refractivity contribution in [2.75, 3.05) is 54.5 Å². The van der Waals surface area contributed by atoms with Crippen LogP contribution < -0.4 is 5.32 Å². The Morgan fingerprint density at radius 2 is 1.80 bits per heavy atom. The number of aliphatic hydroxyl groups is 1. The number of hydrogen-bond donors (Lipinski definition) is 2. The van der Waals surface area contributed by atoms with Gasteiger partial charge in [-0.1, -0.05) is 41.0 Å². The standard InChI is InChI=1S/C36H69N3O7/c1-14-27(15-16-37-20-23(2)3)18-28-22-44-34(42)35(7,8)31(41)26(6)32(36(9,43-13)19-24(4)21-39(28)12)46-33-30(40)29(38(10)11)17-25(5)45-33/h23-30,32-33,37,40H,14-22H2,1-13H3/t24-,25-,26+,27?,28-,29+,30-,32-,33+,36-/m1/s1. The van der Waals surface area contributed by atoms with Crippen LogP contribution in [0.25, 0.3) is 0 Å². The number of esters is 1. The monoisotopic (exact) mass is 656 g/mol. The second-order valence-electron chi connectivity index (χ2n) is 15.8. The normalized spacial score (nSPS) is 36.2. The van der Waals surface area contributed by atoms with Crippen LogP contribution in [0.1, 0.15) is 94.4 Å². The predicted octanol–water partition coefficient (Wildman–Crippen LogP) is 4.37. The smallest absolute Gasteiger partial charge is 0.319 e. The Balaban J connectivity index is 2.42. The van der Waals surface area contributed by atoms with Gasteiger partial charge in [0.05, 0.1) is 17.8 Å². The molecular formula is C36H69N3O7. The Bertz CT molecular complexity index is 947. The highest BCUT2D eigenvalue weighted by molar-refractivity contribution is 6.04. The van der Waals surface area contributed by atoms with Crippen molar-refractivity contribution < 1.29 is 33.6 Å². The molecule has 0 saturated carbocycles. The van der Waals surface area contributed by atoms with Crippen LogP contribution in [-0.2, 0) is 28.5 Å². The summed E-state index contributed by atoms with van der Waals surface area (Å²) in [6.45, 7) is 20.8. The lowest BCUT2D eigenvalue weighted by atomic mass is 9.74. The summed E-state index contributed by atoms with van der Waals surface area (Å²) in [5, 5.41) is 14.9. The molecule has 0 amide bonds. The number of hydrogen-bond acceptors (Lipinski definition) is 10. The zero-order chi connectivity index (χ0) is 35.0. The first-order chi connectivity index (χ1) is 21.4. The number of methoxy groups -OCH3 is 1. The Kier molecular flexibility index (Phi) is 16.1. The van der Waals surface area contributed by atoms with E-state index in [0.717, 1.165) is 38.9 Å². The molecule has 0 spiro atoms. The second kappa shape index (κ2) is 18.0. The number of likely N-dealkylation sites (N-methyl/N-ethyl adjacent to an activating group) is 2. The van der Waals surface area contributed by atoms with Crippen LogP contribution in [-0.4, -0.2) is 123 Å². The Labute approximate surface area is 280 Å². The van der Waals surface area contributed by atoms with Crippen LogP contribution >= 0.6 is 0 Å². The summed E-state index contributed by atoms with van der Waals surface area (Å²) in [6.07, 6.45) is 1.44. The summed E-state index contributed by atoms with van der Waals surface area (Å²) in [6, 6.07) is -0.154. The summed E-state index contributed by atoms with van der Waals surface area (Å²) < 4.78 is 25.0. The van der Waals surface area contributed by atoms with Gasteiger partial charge in [-0.05, 0) is 105 Å². The third-order valence-electron chi connectivity index (χ3n) is 10.5. The van der Waals surface area contributed by atoms with Crippen molar-refractivity contribution in [3.05, 3.63) is 0 Å². The van der Waals surface area contributed by atoms with Gasteiger partial charge in [-0.25, -0.2) is 0 Å². The molecule has 2 saturated heterocycles. The van der Waals surface area contributed by atoms with Crippen LogP contribution in [0, 0.1) is 29.1 Å². The summed E-state index contributed by atoms with van der Waals surface area (Å²) in [7, 11) is 7.61. The van der Waals surface area contributed by atoms with E-state index >= 15 is 0 Å². The molecule has 0 aromatic rings. The molecule has 2 heterocycles. The predicted molar refractivity (Wildman–Crippen MR) is 183 cm³/mol. The van der Waals surface area contributed by atoms with E-state index in [1.807, 2.05) is 32.8 Å². The molecule has 46 heavy (non-hydrogen) atoms. The van der Waals surface area contributed by atoms with Gasteiger partial charge in [-0.2, -0.15) is 0 Å². The number of rotatable bonds is 12. The maximum absolute atomic E-state index is 14.2. The summed E-state index contributed by atoms with van der Waals surface area (Å²) in [5.41, 5.74) is -2.32. The number of ketones is 1. The van der Waals surface area contributed by atoms with E-state index in [2.05, 4.69) is 45.0 Å². The fourth-order valence-corrected chi connectivity index (χ4v) is 7.41. The van der Waals surface area contributed by atoms with Gasteiger partial charge in [0.15, 0.2) is 12.1 Å². The highest BCUT2D eigenvalue weighted by Gasteiger charge is 2.51. The first kappa shape index (κ1) is 41.0. The minimum atomic E-state index is -1.41. The van der Waals surface area contributed by atoms with Crippen molar-refractivity contribution >= 4 is 11.8 Å². The van der Waals surface area contributed by atoms with Crippen LogP contribution in [0.5, 0.6) is 0 Å². The van der Waals surface area contributed by atoms with Crippen molar-refractivity contribution in [2.24, 2.45) is 29.1 Å². The van der Waals surface area contributed by atoms with Gasteiger partial charge in [-0.3, -0.25) is 14.5 Å². The summed E-state index contributed by atoms with van der Waals surface area (Å²) in [5.74, 6) is -0.319. The molecule has 2 fully saturated rings. The average Bonchev–Trinajstić information content (AvgIpc) is 2.98. The largest absolute Gasteiger partial charge is 0.463 e. The third kappa shape index (κ3) is 10.9. The van der Waals surface area contributed by atoms with Crippen LogP contribution in [0.2, 0.25) is 0 Å². The van der Waals surface area contributed by atoms with Gasteiger partial charge >= 0.3 is 5.97 Å². The molecule has 2 aliphatic rings. The van der Waals surface area contributed by atoms with Crippen molar-refractivity contribution in [1.29, 1.82) is 0 Å². The SMILES string of the molecule is CCC(CCNCC(C)C)C[C@@H]1COC(=O)C(C)(C)C(=O)[C@H](C)[C@@H](O[C@@H]2O[C@H](C)C[C@H](N(C)C)[C@H]2O)[C@](C)(OC)C[C@@H](C)CN1C. The maximum atomic E-state index is 14.2. The molecule has 10 nitrogen and oxygen atoms in total. The fourth-order valence-electron chi connectivity index (χ4n) is 7.41. The Hall–Kier alpha value is -1.14. The molecule has 0 aromatic carbocycles. The van der Waals surface area contributed by atoms with Crippen molar-refractivity contribution in [2.45, 2.75) is 137 Å². The van der Waals surface area contributed by atoms with Gasteiger partial charge in [0, 0.05) is 31.7 Å². The van der Waals surface area contributed by atoms with Gasteiger partial charge in [0.25, 0.3) is 0 Å². The van der Waals surface area contributed by atoms with E-state index in [1.54, 1.807) is 27.9 Å². The summed E-state index contributed by atoms with van der Waals surface area (Å²) >= 11 is 0. The van der Waals surface area contributed by atoms with E-state index in [9.17, 15) is 14.7 Å². The topological polar surface area (TPSA) is 110 Å². The van der Waals surface area contributed by atoms with E-state index in [4.69, 9.17) is 18.9 Å². The number of carbonyl (C=O) groups is 2. The number of nitrogens with one attached hydrogen (secondary N) is 1. The molecule has 0 aliphatic carbocycles. The van der Waals surface area contributed by atoms with Crippen molar-refractivity contribution in [3.63, 3.8) is 0 Å². The van der Waals surface area contributed by atoms with Gasteiger partial charge in [-0.15, -0.1) is 0 Å². The minimum Gasteiger partial charge on any atom is -0.463 e. The number of cyclic esters (lactones) is 1. The molecule has 0 aromatic heterocycles. The lowest BCUT2D eigenvalue weighted by molar-refractivity contribution is -0.295. The van der Waals surface area contributed by atoms with E-state index in [1.165, 1.54) is 0 Å². The van der Waals surface area contributed by atoms with Gasteiger partial charge in [0.1, 0.15) is 18.1 Å². The maximum Gasteiger partial charge on any atom is 0.319 e. The number of Topliss-reactive ketones (excluding diaryl/α,β-unsaturated/α-hetero) is 1. The highest BCUT2D eigenvalue weighted by Crippen LogP contribution is 2.38. The number of aliphatic hydroxyl groups excluding tert-OH is 1. The average molecular weight is 656 g/mol. The summed E-state index contributed by atoms with van der Waals surface area (Å²) in [4.78, 5) is 32.2. The highest BCUT2D eigenvalue weighted by atomic mass is 16.7. The first-order valence-electron chi connectivity index (χ1n) is 17.7. The third-order valence-corrected chi connectivity index (χ3v) is 10.5. The second-order valence-corrected chi connectivity index (χ2v) is 15.8. The fraction of sp³-hybridized carbons (Fsp3) is 0.944. The molecule has 2 N–H and O–H groups in total. The van der Waals surface area contributed by atoms with Crippen molar-refractivity contribution in [1.82, 2.24) is 15.1 Å². The first-order valence-corrected chi connectivity index (χ1v) is 17.7. The van der Waals surface area contributed by atoms with Gasteiger partial charge in [0.2, 0.25) is 0 Å². The Morgan fingerprint density at radius 3 is 2.37 bits per heavy atom. The number of nitrogens with zero attached hydrogens (tertiary/aromatic N) is 2. The van der Waals surface area contributed by atoms with Crippen LogP contribution in [0.4, 0.5) is 0 Å². The molecule has 2 aliphatic heterocycles. The molecule has 2 rings (SSSR count). The number of carbonyl (C=O) groups excluding carboxylic acids is 2. The van der Waals surface area contributed by atoms with Gasteiger partial charge < -0.3 is 34.3 Å².